The Balaban J connectivity index is 1.80. The van der Waals surface area contributed by atoms with Gasteiger partial charge < -0.3 is 0 Å². The summed E-state index contributed by atoms with van der Waals surface area (Å²) in [5.41, 5.74) is 4.73. The minimum atomic E-state index is -4.45. The number of anilines is 2. The second kappa shape index (κ2) is 8.95. The molecule has 1 aliphatic heterocycles. The molecule has 2 amide bonds. The van der Waals surface area contributed by atoms with Gasteiger partial charge in [-0.05, 0) is 95.3 Å². The van der Waals surface area contributed by atoms with Crippen LogP contribution in [0.5, 0.6) is 0 Å². The number of carbonyl (C=O) groups excluding carboxylic acids is 2. The minimum absolute atomic E-state index is 0.305. The van der Waals surface area contributed by atoms with Gasteiger partial charge in [0.2, 0.25) is 11.8 Å². The molecule has 3 aromatic rings. The van der Waals surface area contributed by atoms with E-state index in [1.54, 1.807) is 23.6 Å². The van der Waals surface area contributed by atoms with Crippen molar-refractivity contribution in [3.05, 3.63) is 93.0 Å². The molecule has 5 rings (SSSR count). The zero-order valence-electron chi connectivity index (χ0n) is 24.2. The van der Waals surface area contributed by atoms with Crippen molar-refractivity contribution < 1.29 is 22.8 Å². The molecular weight excluding hydrogens is 513 g/mol. The maximum atomic E-state index is 14.4. The second-order valence-electron chi connectivity index (χ2n) is 12.2. The lowest BCUT2D eigenvalue weighted by molar-refractivity contribution is -0.142. The monoisotopic (exact) mass is 548 g/mol. The first-order chi connectivity index (χ1) is 18.5. The van der Waals surface area contributed by atoms with Crippen LogP contribution < -0.4 is 9.80 Å². The van der Waals surface area contributed by atoms with Crippen molar-refractivity contribution in [2.45, 2.75) is 79.6 Å². The predicted molar refractivity (Wildman–Crippen MR) is 152 cm³/mol. The molecule has 1 saturated carbocycles. The zero-order valence-corrected chi connectivity index (χ0v) is 24.2. The Kier molecular flexibility index (Phi) is 6.25. The first-order valence-corrected chi connectivity index (χ1v) is 13.5. The summed E-state index contributed by atoms with van der Waals surface area (Å²) in [5, 5.41) is 0. The lowest BCUT2D eigenvalue weighted by atomic mass is 9.83. The highest BCUT2D eigenvalue weighted by Crippen LogP contribution is 2.64. The molecule has 0 N–H and O–H groups in total. The van der Waals surface area contributed by atoms with Crippen molar-refractivity contribution in [1.29, 1.82) is 0 Å². The number of alkyl halides is 3. The van der Waals surface area contributed by atoms with Crippen LogP contribution in [0, 0.1) is 47.0 Å². The third-order valence-electron chi connectivity index (χ3n) is 8.51. The first kappa shape index (κ1) is 27.9. The smallest absolute Gasteiger partial charge is 0.286 e. The van der Waals surface area contributed by atoms with E-state index in [0.29, 0.717) is 12.0 Å². The molecule has 1 heterocycles. The molecular formula is C33H35F3N2O2. The van der Waals surface area contributed by atoms with Crippen LogP contribution in [-0.4, -0.2) is 17.5 Å². The van der Waals surface area contributed by atoms with Gasteiger partial charge in [-0.1, -0.05) is 47.5 Å². The quantitative estimate of drug-likeness (QED) is 0.313. The van der Waals surface area contributed by atoms with Gasteiger partial charge in [-0.25, -0.2) is 0 Å². The normalized spacial score (nSPS) is 19.9. The molecule has 40 heavy (non-hydrogen) atoms. The van der Waals surface area contributed by atoms with Crippen LogP contribution in [0.2, 0.25) is 0 Å². The average molecular weight is 549 g/mol. The molecule has 1 atom stereocenters. The Morgan fingerprint density at radius 2 is 1.07 bits per heavy atom. The van der Waals surface area contributed by atoms with Gasteiger partial charge in [-0.3, -0.25) is 19.4 Å². The molecule has 0 radical (unpaired) electrons. The summed E-state index contributed by atoms with van der Waals surface area (Å²) in [6.07, 6.45) is -4.05. The molecule has 1 spiro atoms. The van der Waals surface area contributed by atoms with E-state index in [2.05, 4.69) is 0 Å². The number of aryl methyl sites for hydroxylation is 6. The van der Waals surface area contributed by atoms with Gasteiger partial charge in [0.1, 0.15) is 11.1 Å². The lowest BCUT2D eigenvalue weighted by Crippen LogP contribution is -2.69. The molecule has 0 aromatic heterocycles. The molecule has 0 bridgehead atoms. The molecule has 0 unspecified atom stereocenters. The highest BCUT2D eigenvalue weighted by Gasteiger charge is 2.72. The van der Waals surface area contributed by atoms with Crippen LogP contribution in [0.15, 0.2) is 48.5 Å². The van der Waals surface area contributed by atoms with E-state index >= 15 is 0 Å². The molecule has 2 aliphatic rings. The number of amides is 2. The van der Waals surface area contributed by atoms with Gasteiger partial charge in [-0.2, -0.15) is 13.2 Å². The molecule has 3 aromatic carbocycles. The van der Waals surface area contributed by atoms with Crippen LogP contribution in [0.25, 0.3) is 0 Å². The van der Waals surface area contributed by atoms with Crippen LogP contribution in [0.4, 0.5) is 24.5 Å². The summed E-state index contributed by atoms with van der Waals surface area (Å²) in [6.45, 7) is 15.2. The predicted octanol–water partition coefficient (Wildman–Crippen LogP) is 7.85. The lowest BCUT2D eigenvalue weighted by Gasteiger charge is -2.52. The fraction of sp³-hybridized carbons (Fsp3) is 0.394. The van der Waals surface area contributed by atoms with Gasteiger partial charge in [0.15, 0.2) is 0 Å². The number of nitrogens with zero attached hydrogens (tertiary/aromatic N) is 2. The van der Waals surface area contributed by atoms with Crippen LogP contribution in [0.1, 0.15) is 70.7 Å². The summed E-state index contributed by atoms with van der Waals surface area (Å²) in [4.78, 5) is 32.4. The highest BCUT2D eigenvalue weighted by atomic mass is 19.4. The van der Waals surface area contributed by atoms with Gasteiger partial charge in [0, 0.05) is 12.3 Å². The largest absolute Gasteiger partial charge is 0.416 e. The highest BCUT2D eigenvalue weighted by molar-refractivity contribution is 6.22. The molecule has 210 valence electrons. The summed E-state index contributed by atoms with van der Waals surface area (Å²) in [7, 11) is 0. The van der Waals surface area contributed by atoms with E-state index in [0.717, 1.165) is 56.9 Å². The average Bonchev–Trinajstić information content (AvgIpc) is 3.57. The maximum absolute atomic E-state index is 14.4. The number of benzene rings is 3. The van der Waals surface area contributed by atoms with Crippen molar-refractivity contribution >= 4 is 23.2 Å². The van der Waals surface area contributed by atoms with Crippen LogP contribution >= 0.6 is 0 Å². The summed E-state index contributed by atoms with van der Waals surface area (Å²) in [6, 6.07) is 13.2. The van der Waals surface area contributed by atoms with Crippen LogP contribution in [0.3, 0.4) is 0 Å². The SMILES string of the molecule is Cc1cc(C)c(N2C(=O)C(C)(C)C(=O)N(c3c(C)cc(C)cc3C)C23C[C@H]3c2ccc(C(F)(F)F)cc2)c(C)c1. The Morgan fingerprint density at radius 1 is 0.700 bits per heavy atom. The Morgan fingerprint density at radius 3 is 1.43 bits per heavy atom. The third-order valence-corrected chi connectivity index (χ3v) is 8.51. The van der Waals surface area contributed by atoms with E-state index in [4.69, 9.17) is 0 Å². The number of hydrogen-bond acceptors (Lipinski definition) is 2. The minimum Gasteiger partial charge on any atom is -0.286 e. The van der Waals surface area contributed by atoms with E-state index < -0.39 is 22.8 Å². The number of hydrogen-bond donors (Lipinski definition) is 0. The van der Waals surface area contributed by atoms with Crippen molar-refractivity contribution in [2.75, 3.05) is 9.80 Å². The van der Waals surface area contributed by atoms with E-state index in [-0.39, 0.29) is 17.7 Å². The van der Waals surface area contributed by atoms with Crippen molar-refractivity contribution in [3.63, 3.8) is 0 Å². The van der Waals surface area contributed by atoms with Gasteiger partial charge in [0.05, 0.1) is 16.9 Å². The number of halogens is 3. The number of rotatable bonds is 3. The summed E-state index contributed by atoms with van der Waals surface area (Å²) in [5.74, 6) is -0.986. The van der Waals surface area contributed by atoms with Gasteiger partial charge in [-0.15, -0.1) is 0 Å². The summed E-state index contributed by atoms with van der Waals surface area (Å²) < 4.78 is 40.1. The van der Waals surface area contributed by atoms with Gasteiger partial charge in [0.25, 0.3) is 0 Å². The van der Waals surface area contributed by atoms with E-state index in [9.17, 15) is 22.8 Å². The summed E-state index contributed by atoms with van der Waals surface area (Å²) >= 11 is 0. The first-order valence-electron chi connectivity index (χ1n) is 13.5. The second-order valence-corrected chi connectivity index (χ2v) is 12.2. The van der Waals surface area contributed by atoms with Crippen molar-refractivity contribution in [2.24, 2.45) is 5.41 Å². The van der Waals surface area contributed by atoms with Crippen molar-refractivity contribution in [3.8, 4) is 0 Å². The molecule has 2 fully saturated rings. The third kappa shape index (κ3) is 4.04. The maximum Gasteiger partial charge on any atom is 0.416 e. The van der Waals surface area contributed by atoms with E-state index in [1.165, 1.54) is 12.1 Å². The molecule has 1 saturated heterocycles. The molecule has 4 nitrogen and oxygen atoms in total. The standard InChI is InChI=1S/C33H35F3N2O2/c1-18-13-20(3)27(21(4)14-18)37-29(39)31(7,8)30(40)38(28-22(5)15-19(2)16-23(28)6)32(37)17-26(32)24-9-11-25(12-10-24)33(34,35)36/h9-16,26H,17H2,1-8H3/t26-/m0/s1. The fourth-order valence-electron chi connectivity index (χ4n) is 6.77. The van der Waals surface area contributed by atoms with E-state index in [1.807, 2.05) is 65.8 Å². The Labute approximate surface area is 233 Å². The van der Waals surface area contributed by atoms with Crippen molar-refractivity contribution in [1.82, 2.24) is 0 Å². The van der Waals surface area contributed by atoms with Gasteiger partial charge >= 0.3 is 6.18 Å². The number of carbonyl (C=O) groups is 2. The Bertz CT molecular complexity index is 1430. The fourth-order valence-corrected chi connectivity index (χ4v) is 6.77. The van der Waals surface area contributed by atoms with Crippen LogP contribution in [-0.2, 0) is 15.8 Å². The molecule has 1 aliphatic carbocycles. The zero-order chi connectivity index (χ0) is 29.5. The molecule has 7 heteroatoms. The topological polar surface area (TPSA) is 40.6 Å². The Hall–Kier alpha value is -3.61.